The van der Waals surface area contributed by atoms with Gasteiger partial charge in [-0.3, -0.25) is 9.00 Å². The molecule has 1 aromatic carbocycles. The van der Waals surface area contributed by atoms with Gasteiger partial charge in [0.15, 0.2) is 6.10 Å². The molecule has 116 valence electrons. The summed E-state index contributed by atoms with van der Waals surface area (Å²) in [5.41, 5.74) is 0.626. The van der Waals surface area contributed by atoms with Gasteiger partial charge in [0, 0.05) is 35.8 Å². The lowest BCUT2D eigenvalue weighted by atomic mass is 10.1. The number of benzene rings is 1. The summed E-state index contributed by atoms with van der Waals surface area (Å²) in [5, 5.41) is 7.70. The summed E-state index contributed by atoms with van der Waals surface area (Å²) in [6.45, 7) is 0.306. The van der Waals surface area contributed by atoms with E-state index < -0.39 is 26.9 Å². The van der Waals surface area contributed by atoms with E-state index in [0.29, 0.717) is 23.6 Å². The molecule has 2 atom stereocenters. The zero-order chi connectivity index (χ0) is 15.6. The van der Waals surface area contributed by atoms with Crippen LogP contribution in [-0.4, -0.2) is 43.2 Å². The fraction of sp³-hybridized carbons (Fsp3) is 0.417. The van der Waals surface area contributed by atoms with Crippen molar-refractivity contribution >= 4 is 26.7 Å². The number of ether oxygens (including phenoxy) is 1. The van der Waals surface area contributed by atoms with Crippen molar-refractivity contribution in [3.8, 4) is 5.75 Å². The minimum atomic E-state index is -3.78. The molecule has 0 spiro atoms. The molecule has 2 unspecified atom stereocenters. The number of sulfonamides is 1. The second-order valence-corrected chi connectivity index (χ2v) is 7.81. The number of hydrogen-bond acceptors (Lipinski definition) is 5. The fourth-order valence-electron chi connectivity index (χ4n) is 1.98. The highest BCUT2D eigenvalue weighted by atomic mass is 32.2. The van der Waals surface area contributed by atoms with Gasteiger partial charge in [0.25, 0.3) is 5.91 Å². The smallest absolute Gasteiger partial charge is 0.261 e. The van der Waals surface area contributed by atoms with E-state index in [1.54, 1.807) is 6.26 Å². The highest BCUT2D eigenvalue weighted by Gasteiger charge is 2.29. The SMILES string of the molecule is CS(=O)CCNC(=O)C1Cc2cc(S(N)(=O)=O)ccc2O1. The number of fused-ring (bicyclic) bond motifs is 1. The number of nitrogens with one attached hydrogen (secondary N) is 1. The van der Waals surface area contributed by atoms with Gasteiger partial charge in [-0.1, -0.05) is 0 Å². The van der Waals surface area contributed by atoms with Crippen molar-refractivity contribution < 1.29 is 22.2 Å². The first-order valence-corrected chi connectivity index (χ1v) is 9.45. The lowest BCUT2D eigenvalue weighted by Gasteiger charge is -2.10. The van der Waals surface area contributed by atoms with Crippen LogP contribution in [0.3, 0.4) is 0 Å². The molecule has 0 bridgehead atoms. The normalized spacial score (nSPS) is 18.7. The number of amides is 1. The lowest BCUT2D eigenvalue weighted by molar-refractivity contribution is -0.127. The standard InChI is InChI=1S/C12H16N2O5S2/c1-20(16)5-4-14-12(15)11-7-8-6-9(21(13,17)18)2-3-10(8)19-11/h2-3,6,11H,4-5,7H2,1H3,(H,14,15)(H2,13,17,18). The molecule has 0 aliphatic carbocycles. The molecule has 1 aromatic rings. The van der Waals surface area contributed by atoms with Crippen LogP contribution in [0.2, 0.25) is 0 Å². The van der Waals surface area contributed by atoms with Crippen molar-refractivity contribution in [1.29, 1.82) is 0 Å². The summed E-state index contributed by atoms with van der Waals surface area (Å²) >= 11 is 0. The van der Waals surface area contributed by atoms with E-state index in [0.717, 1.165) is 0 Å². The van der Waals surface area contributed by atoms with Crippen molar-refractivity contribution in [2.24, 2.45) is 5.14 Å². The molecule has 7 nitrogen and oxygen atoms in total. The third-order valence-electron chi connectivity index (χ3n) is 3.02. The molecule has 9 heteroatoms. The minimum Gasteiger partial charge on any atom is -0.480 e. The van der Waals surface area contributed by atoms with E-state index in [9.17, 15) is 17.4 Å². The molecule has 0 aromatic heterocycles. The molecule has 0 saturated carbocycles. The monoisotopic (exact) mass is 332 g/mol. The van der Waals surface area contributed by atoms with Gasteiger partial charge in [0.2, 0.25) is 10.0 Å². The Morgan fingerprint density at radius 3 is 2.86 bits per heavy atom. The quantitative estimate of drug-likeness (QED) is 0.727. The van der Waals surface area contributed by atoms with Crippen molar-refractivity contribution in [2.45, 2.75) is 17.4 Å². The summed E-state index contributed by atoms with van der Waals surface area (Å²) in [5.74, 6) is 0.538. The average molecular weight is 332 g/mol. The van der Waals surface area contributed by atoms with Crippen LogP contribution in [0.15, 0.2) is 23.1 Å². The highest BCUT2D eigenvalue weighted by Crippen LogP contribution is 2.30. The van der Waals surface area contributed by atoms with Gasteiger partial charge < -0.3 is 10.1 Å². The Balaban J connectivity index is 2.02. The summed E-state index contributed by atoms with van der Waals surface area (Å²) in [7, 11) is -4.75. The van der Waals surface area contributed by atoms with Crippen LogP contribution < -0.4 is 15.2 Å². The molecule has 1 amide bonds. The van der Waals surface area contributed by atoms with Crippen molar-refractivity contribution in [2.75, 3.05) is 18.6 Å². The summed E-state index contributed by atoms with van der Waals surface area (Å²) in [6.07, 6.45) is 1.13. The number of primary sulfonamides is 1. The van der Waals surface area contributed by atoms with E-state index in [1.807, 2.05) is 0 Å². The summed E-state index contributed by atoms with van der Waals surface area (Å²) in [6, 6.07) is 4.25. The maximum atomic E-state index is 11.9. The Kier molecular flexibility index (Phi) is 4.64. The first kappa shape index (κ1) is 15.9. The Bertz CT molecular complexity index is 687. The third-order valence-corrected chi connectivity index (χ3v) is 4.71. The second-order valence-electron chi connectivity index (χ2n) is 4.69. The Hall–Kier alpha value is -1.45. The Morgan fingerprint density at radius 1 is 1.52 bits per heavy atom. The van der Waals surface area contributed by atoms with Crippen LogP contribution in [0.25, 0.3) is 0 Å². The maximum absolute atomic E-state index is 11.9. The zero-order valence-electron chi connectivity index (χ0n) is 11.4. The first-order chi connectivity index (χ1) is 9.77. The van der Waals surface area contributed by atoms with E-state index in [1.165, 1.54) is 18.2 Å². The van der Waals surface area contributed by atoms with Gasteiger partial charge >= 0.3 is 0 Å². The number of rotatable bonds is 5. The number of carbonyl (C=O) groups excluding carboxylic acids is 1. The molecular formula is C12H16N2O5S2. The van der Waals surface area contributed by atoms with Gasteiger partial charge in [-0.25, -0.2) is 13.6 Å². The number of carbonyl (C=O) groups is 1. The number of hydrogen-bond donors (Lipinski definition) is 2. The largest absolute Gasteiger partial charge is 0.480 e. The van der Waals surface area contributed by atoms with E-state index >= 15 is 0 Å². The molecular weight excluding hydrogens is 316 g/mol. The Morgan fingerprint density at radius 2 is 2.24 bits per heavy atom. The molecule has 21 heavy (non-hydrogen) atoms. The van der Waals surface area contributed by atoms with Gasteiger partial charge in [-0.2, -0.15) is 0 Å². The maximum Gasteiger partial charge on any atom is 0.261 e. The molecule has 1 heterocycles. The average Bonchev–Trinajstić information content (AvgIpc) is 2.79. The second kappa shape index (κ2) is 6.12. The molecule has 0 saturated heterocycles. The number of nitrogens with two attached hydrogens (primary N) is 1. The van der Waals surface area contributed by atoms with Crippen LogP contribution in [-0.2, 0) is 32.0 Å². The van der Waals surface area contributed by atoms with Gasteiger partial charge in [0.1, 0.15) is 5.75 Å². The van der Waals surface area contributed by atoms with Crippen LogP contribution in [0.1, 0.15) is 5.56 Å². The Labute approximate surface area is 125 Å². The molecule has 1 aliphatic rings. The van der Waals surface area contributed by atoms with Crippen LogP contribution in [0.4, 0.5) is 0 Å². The van der Waals surface area contributed by atoms with E-state index in [-0.39, 0.29) is 17.2 Å². The van der Waals surface area contributed by atoms with Crippen LogP contribution in [0.5, 0.6) is 5.75 Å². The fourth-order valence-corrected chi connectivity index (χ4v) is 2.93. The lowest BCUT2D eigenvalue weighted by Crippen LogP contribution is -2.39. The molecule has 0 radical (unpaired) electrons. The van der Waals surface area contributed by atoms with Crippen molar-refractivity contribution in [3.63, 3.8) is 0 Å². The topological polar surface area (TPSA) is 116 Å². The van der Waals surface area contributed by atoms with E-state index in [2.05, 4.69) is 5.32 Å². The van der Waals surface area contributed by atoms with Gasteiger partial charge in [-0.05, 0) is 23.8 Å². The third kappa shape index (κ3) is 4.02. The summed E-state index contributed by atoms with van der Waals surface area (Å²) < 4.78 is 39.0. The molecule has 0 fully saturated rings. The predicted octanol–water partition coefficient (Wildman–Crippen LogP) is -0.868. The molecule has 1 aliphatic heterocycles. The molecule has 2 rings (SSSR count). The van der Waals surface area contributed by atoms with Gasteiger partial charge in [-0.15, -0.1) is 0 Å². The predicted molar refractivity (Wildman–Crippen MR) is 77.9 cm³/mol. The minimum absolute atomic E-state index is 0.00714. The van der Waals surface area contributed by atoms with E-state index in [4.69, 9.17) is 9.88 Å². The molecule has 3 N–H and O–H groups in total. The zero-order valence-corrected chi connectivity index (χ0v) is 13.0. The summed E-state index contributed by atoms with van der Waals surface area (Å²) in [4.78, 5) is 11.9. The first-order valence-electron chi connectivity index (χ1n) is 6.17. The van der Waals surface area contributed by atoms with Gasteiger partial charge in [0.05, 0.1) is 4.90 Å². The van der Waals surface area contributed by atoms with Crippen molar-refractivity contribution in [3.05, 3.63) is 23.8 Å². The van der Waals surface area contributed by atoms with Crippen LogP contribution in [0, 0.1) is 0 Å². The van der Waals surface area contributed by atoms with Crippen molar-refractivity contribution in [1.82, 2.24) is 5.32 Å². The highest BCUT2D eigenvalue weighted by molar-refractivity contribution is 7.89. The van der Waals surface area contributed by atoms with Crippen LogP contribution >= 0.6 is 0 Å².